The SMILES string of the molecule is CC(C)(CCCOc1cccnc1)C(=O)O. The number of hydrogen-bond acceptors (Lipinski definition) is 3. The Morgan fingerprint density at radius 3 is 2.88 bits per heavy atom. The molecule has 0 spiro atoms. The molecule has 0 aliphatic heterocycles. The minimum Gasteiger partial charge on any atom is -0.492 e. The molecule has 0 amide bonds. The van der Waals surface area contributed by atoms with Gasteiger partial charge in [0.05, 0.1) is 18.2 Å². The number of aliphatic carboxylic acids is 1. The smallest absolute Gasteiger partial charge is 0.309 e. The second-order valence-corrected chi connectivity index (χ2v) is 4.33. The Bertz CT molecular complexity index is 335. The van der Waals surface area contributed by atoms with Crippen molar-refractivity contribution in [2.45, 2.75) is 26.7 Å². The Morgan fingerprint density at radius 2 is 2.31 bits per heavy atom. The highest BCUT2D eigenvalue weighted by Crippen LogP contribution is 2.22. The largest absolute Gasteiger partial charge is 0.492 e. The van der Waals surface area contributed by atoms with E-state index in [1.165, 1.54) is 0 Å². The number of carboxylic acids is 1. The quantitative estimate of drug-likeness (QED) is 0.752. The maximum Gasteiger partial charge on any atom is 0.309 e. The lowest BCUT2D eigenvalue weighted by Gasteiger charge is -2.18. The molecule has 1 aromatic heterocycles. The number of carbonyl (C=O) groups is 1. The van der Waals surface area contributed by atoms with Crippen molar-refractivity contribution in [2.24, 2.45) is 5.41 Å². The molecule has 4 nitrogen and oxygen atoms in total. The van der Waals surface area contributed by atoms with E-state index < -0.39 is 11.4 Å². The summed E-state index contributed by atoms with van der Waals surface area (Å²) in [6, 6.07) is 3.63. The molecule has 1 rings (SSSR count). The maximum absolute atomic E-state index is 10.8. The number of aromatic nitrogens is 1. The lowest BCUT2D eigenvalue weighted by Crippen LogP contribution is -2.24. The van der Waals surface area contributed by atoms with Gasteiger partial charge in [-0.1, -0.05) is 0 Å². The van der Waals surface area contributed by atoms with E-state index in [0.29, 0.717) is 19.4 Å². The first-order chi connectivity index (χ1) is 7.52. The van der Waals surface area contributed by atoms with Gasteiger partial charge in [-0.05, 0) is 38.8 Å². The van der Waals surface area contributed by atoms with E-state index in [1.807, 2.05) is 6.07 Å². The van der Waals surface area contributed by atoms with E-state index in [-0.39, 0.29) is 0 Å². The van der Waals surface area contributed by atoms with Crippen LogP contribution in [0.3, 0.4) is 0 Å². The summed E-state index contributed by atoms with van der Waals surface area (Å²) in [6.07, 6.45) is 4.64. The average molecular weight is 223 g/mol. The van der Waals surface area contributed by atoms with Crippen LogP contribution in [0.4, 0.5) is 0 Å². The molecule has 0 saturated carbocycles. The molecule has 88 valence electrons. The Morgan fingerprint density at radius 1 is 1.56 bits per heavy atom. The number of rotatable bonds is 6. The van der Waals surface area contributed by atoms with Crippen LogP contribution in [0.5, 0.6) is 5.75 Å². The number of nitrogens with zero attached hydrogens (tertiary/aromatic N) is 1. The zero-order chi connectivity index (χ0) is 12.0. The Hall–Kier alpha value is -1.58. The highest BCUT2D eigenvalue weighted by atomic mass is 16.5. The summed E-state index contributed by atoms with van der Waals surface area (Å²) in [5, 5.41) is 8.91. The minimum atomic E-state index is -0.770. The normalized spacial score (nSPS) is 11.1. The minimum absolute atomic E-state index is 0.516. The number of carboxylic acid groups (broad SMARTS) is 1. The standard InChI is InChI=1S/C12H17NO3/c1-12(2,11(14)15)6-4-8-16-10-5-3-7-13-9-10/h3,5,7,9H,4,6,8H2,1-2H3,(H,14,15). The zero-order valence-electron chi connectivity index (χ0n) is 9.64. The highest BCUT2D eigenvalue weighted by Gasteiger charge is 2.26. The van der Waals surface area contributed by atoms with Crippen LogP contribution >= 0.6 is 0 Å². The van der Waals surface area contributed by atoms with Crippen LogP contribution in [0.15, 0.2) is 24.5 Å². The van der Waals surface area contributed by atoms with Crippen molar-refractivity contribution in [3.05, 3.63) is 24.5 Å². The van der Waals surface area contributed by atoms with Gasteiger partial charge in [0, 0.05) is 6.20 Å². The predicted molar refractivity (Wildman–Crippen MR) is 60.4 cm³/mol. The van der Waals surface area contributed by atoms with E-state index in [4.69, 9.17) is 9.84 Å². The van der Waals surface area contributed by atoms with Crippen molar-refractivity contribution >= 4 is 5.97 Å². The van der Waals surface area contributed by atoms with E-state index in [2.05, 4.69) is 4.98 Å². The molecule has 4 heteroatoms. The fraction of sp³-hybridized carbons (Fsp3) is 0.500. The second-order valence-electron chi connectivity index (χ2n) is 4.33. The van der Waals surface area contributed by atoms with Crippen LogP contribution < -0.4 is 4.74 Å². The maximum atomic E-state index is 10.8. The summed E-state index contributed by atoms with van der Waals surface area (Å²) in [5.41, 5.74) is -0.682. The van der Waals surface area contributed by atoms with Crippen LogP contribution in [-0.2, 0) is 4.79 Å². The van der Waals surface area contributed by atoms with E-state index in [1.54, 1.807) is 32.3 Å². The van der Waals surface area contributed by atoms with Gasteiger partial charge in [0.2, 0.25) is 0 Å². The van der Waals surface area contributed by atoms with Gasteiger partial charge in [-0.2, -0.15) is 0 Å². The Kier molecular flexibility index (Phi) is 4.28. The Balaban J connectivity index is 2.25. The molecule has 1 aromatic rings. The topological polar surface area (TPSA) is 59.4 Å². The summed E-state index contributed by atoms with van der Waals surface area (Å²) in [4.78, 5) is 14.8. The lowest BCUT2D eigenvalue weighted by atomic mass is 9.88. The van der Waals surface area contributed by atoms with Gasteiger partial charge >= 0.3 is 5.97 Å². The molecule has 0 aliphatic carbocycles. The van der Waals surface area contributed by atoms with Gasteiger partial charge in [-0.15, -0.1) is 0 Å². The van der Waals surface area contributed by atoms with Gasteiger partial charge in [0.15, 0.2) is 0 Å². The Labute approximate surface area is 95.3 Å². The monoisotopic (exact) mass is 223 g/mol. The third-order valence-electron chi connectivity index (χ3n) is 2.43. The molecule has 0 saturated heterocycles. The zero-order valence-corrected chi connectivity index (χ0v) is 9.64. The first kappa shape index (κ1) is 12.5. The summed E-state index contributed by atoms with van der Waals surface area (Å²) >= 11 is 0. The van der Waals surface area contributed by atoms with Gasteiger partial charge in [0.25, 0.3) is 0 Å². The third-order valence-corrected chi connectivity index (χ3v) is 2.43. The van der Waals surface area contributed by atoms with Crippen LogP contribution in [0.2, 0.25) is 0 Å². The summed E-state index contributed by atoms with van der Waals surface area (Å²) in [7, 11) is 0. The predicted octanol–water partition coefficient (Wildman–Crippen LogP) is 2.35. The molecule has 0 atom stereocenters. The van der Waals surface area contributed by atoms with Crippen LogP contribution in [0.1, 0.15) is 26.7 Å². The van der Waals surface area contributed by atoms with Gasteiger partial charge in [-0.25, -0.2) is 0 Å². The van der Waals surface area contributed by atoms with Crippen molar-refractivity contribution in [1.82, 2.24) is 4.98 Å². The van der Waals surface area contributed by atoms with Gasteiger partial charge in [0.1, 0.15) is 5.75 Å². The van der Waals surface area contributed by atoms with Gasteiger partial charge in [-0.3, -0.25) is 9.78 Å². The number of hydrogen-bond donors (Lipinski definition) is 1. The van der Waals surface area contributed by atoms with E-state index in [0.717, 1.165) is 5.75 Å². The summed E-state index contributed by atoms with van der Waals surface area (Å²) < 4.78 is 5.43. The molecule has 1 N–H and O–H groups in total. The molecule has 0 bridgehead atoms. The molecule has 1 heterocycles. The van der Waals surface area contributed by atoms with Crippen LogP contribution in [-0.4, -0.2) is 22.7 Å². The fourth-order valence-corrected chi connectivity index (χ4v) is 1.24. The third kappa shape index (κ3) is 3.88. The van der Waals surface area contributed by atoms with E-state index >= 15 is 0 Å². The molecule has 0 aromatic carbocycles. The highest BCUT2D eigenvalue weighted by molar-refractivity contribution is 5.73. The molecule has 16 heavy (non-hydrogen) atoms. The summed E-state index contributed by atoms with van der Waals surface area (Å²) in [6.45, 7) is 3.96. The van der Waals surface area contributed by atoms with Crippen LogP contribution in [0.25, 0.3) is 0 Å². The average Bonchev–Trinajstić information content (AvgIpc) is 2.26. The first-order valence-electron chi connectivity index (χ1n) is 5.28. The molecular weight excluding hydrogens is 206 g/mol. The molecule has 0 radical (unpaired) electrons. The summed E-state index contributed by atoms with van der Waals surface area (Å²) in [5.74, 6) is -0.0514. The number of pyridine rings is 1. The number of ether oxygens (including phenoxy) is 1. The van der Waals surface area contributed by atoms with Gasteiger partial charge < -0.3 is 9.84 Å². The molecular formula is C12H17NO3. The van der Waals surface area contributed by atoms with Crippen molar-refractivity contribution in [3.8, 4) is 5.75 Å². The van der Waals surface area contributed by atoms with Crippen molar-refractivity contribution in [3.63, 3.8) is 0 Å². The molecule has 0 unspecified atom stereocenters. The molecule has 0 fully saturated rings. The van der Waals surface area contributed by atoms with Crippen molar-refractivity contribution < 1.29 is 14.6 Å². The first-order valence-corrected chi connectivity index (χ1v) is 5.28. The van der Waals surface area contributed by atoms with Crippen molar-refractivity contribution in [2.75, 3.05) is 6.61 Å². The van der Waals surface area contributed by atoms with E-state index in [9.17, 15) is 4.79 Å². The second kappa shape index (κ2) is 5.49. The molecule has 0 aliphatic rings. The fourth-order valence-electron chi connectivity index (χ4n) is 1.24. The van der Waals surface area contributed by atoms with Crippen LogP contribution in [0, 0.1) is 5.41 Å². The lowest BCUT2D eigenvalue weighted by molar-refractivity contribution is -0.147. The van der Waals surface area contributed by atoms with Crippen molar-refractivity contribution in [1.29, 1.82) is 0 Å².